The first-order chi connectivity index (χ1) is 12.9. The molecule has 5 heteroatoms. The van der Waals surface area contributed by atoms with Crippen LogP contribution in [0.4, 0.5) is 0 Å². The molecule has 156 valence electrons. The van der Waals surface area contributed by atoms with Gasteiger partial charge in [-0.3, -0.25) is 9.59 Å². The van der Waals surface area contributed by atoms with E-state index in [-0.39, 0.29) is 18.1 Å². The van der Waals surface area contributed by atoms with Crippen LogP contribution in [0, 0.1) is 11.8 Å². The minimum absolute atomic E-state index is 0.0741. The van der Waals surface area contributed by atoms with Crippen LogP contribution >= 0.6 is 0 Å². The average molecular weight is 383 g/mol. The molecule has 1 N–H and O–H groups in total. The van der Waals surface area contributed by atoms with Crippen LogP contribution < -0.4 is 0 Å². The van der Waals surface area contributed by atoms with Crippen LogP contribution in [0.5, 0.6) is 0 Å². The minimum atomic E-state index is -0.943. The van der Waals surface area contributed by atoms with E-state index in [4.69, 9.17) is 4.74 Å². The molecule has 0 aliphatic heterocycles. The summed E-state index contributed by atoms with van der Waals surface area (Å²) in [6.07, 6.45) is 13.1. The first-order valence-electron chi connectivity index (χ1n) is 10.5. The topological polar surface area (TPSA) is 80.7 Å². The van der Waals surface area contributed by atoms with Gasteiger partial charge in [-0.25, -0.2) is 0 Å². The molecule has 0 aromatic heterocycles. The van der Waals surface area contributed by atoms with Crippen LogP contribution in [-0.2, 0) is 19.1 Å². The zero-order valence-electron chi connectivity index (χ0n) is 17.4. The van der Waals surface area contributed by atoms with Crippen LogP contribution in [0.3, 0.4) is 0 Å². The van der Waals surface area contributed by atoms with Crippen LogP contribution in [0.2, 0.25) is 0 Å². The zero-order chi connectivity index (χ0) is 20.5. The largest absolute Gasteiger partial charge is 0.481 e. The van der Waals surface area contributed by atoms with Crippen molar-refractivity contribution >= 4 is 17.7 Å². The number of allylic oxidation sites excluding steroid dienone is 2. The molecule has 0 bridgehead atoms. The van der Waals surface area contributed by atoms with Gasteiger partial charge in [-0.15, -0.1) is 0 Å². The molecular weight excluding hydrogens is 344 g/mol. The van der Waals surface area contributed by atoms with Gasteiger partial charge >= 0.3 is 11.9 Å². The van der Waals surface area contributed by atoms with Gasteiger partial charge in [0.2, 0.25) is 0 Å². The second-order valence-electron chi connectivity index (χ2n) is 7.23. The van der Waals surface area contributed by atoms with E-state index in [1.165, 1.54) is 0 Å². The van der Waals surface area contributed by atoms with Crippen LogP contribution in [0.25, 0.3) is 0 Å². The first-order valence-corrected chi connectivity index (χ1v) is 10.5. The van der Waals surface area contributed by atoms with Crippen molar-refractivity contribution in [3.8, 4) is 0 Å². The monoisotopic (exact) mass is 382 g/mol. The molecule has 0 amide bonds. The van der Waals surface area contributed by atoms with E-state index >= 15 is 0 Å². The lowest BCUT2D eigenvalue weighted by atomic mass is 9.87. The molecule has 0 saturated heterocycles. The van der Waals surface area contributed by atoms with Gasteiger partial charge in [-0.2, -0.15) is 0 Å². The maximum absolute atomic E-state index is 11.9. The molecule has 0 saturated carbocycles. The smallest absolute Gasteiger partial charge is 0.307 e. The maximum atomic E-state index is 11.9. The summed E-state index contributed by atoms with van der Waals surface area (Å²) in [5.41, 5.74) is 0. The lowest BCUT2D eigenvalue weighted by molar-refractivity contribution is -0.152. The first kappa shape index (κ1) is 25.4. The number of carbonyl (C=O) groups excluding carboxylic acids is 2. The fourth-order valence-electron chi connectivity index (χ4n) is 3.01. The van der Waals surface area contributed by atoms with E-state index < -0.39 is 17.9 Å². The molecule has 0 heterocycles. The highest BCUT2D eigenvalue weighted by Crippen LogP contribution is 2.23. The number of aliphatic carboxylic acids is 1. The van der Waals surface area contributed by atoms with Crippen molar-refractivity contribution in [3.63, 3.8) is 0 Å². The van der Waals surface area contributed by atoms with Gasteiger partial charge in [0.1, 0.15) is 5.78 Å². The van der Waals surface area contributed by atoms with Gasteiger partial charge in [0.05, 0.1) is 18.9 Å². The Bertz CT molecular complexity index is 456. The standard InChI is InChI=1S/C22H38O5/c1-4-6-13-16-27-21(24)17-20(22(25)26)19(5-2)15-12-10-8-7-9-11-14-18(3)23/h12,15,19-20H,4-11,13-14,16-17H2,1-3H3,(H,25,26)/b15-12+. The van der Waals surface area contributed by atoms with Crippen molar-refractivity contribution in [3.05, 3.63) is 12.2 Å². The summed E-state index contributed by atoms with van der Waals surface area (Å²) in [5, 5.41) is 9.51. The number of carboxylic acids is 1. The molecule has 0 rings (SSSR count). The van der Waals surface area contributed by atoms with E-state index in [1.54, 1.807) is 6.92 Å². The van der Waals surface area contributed by atoms with Crippen molar-refractivity contribution in [1.82, 2.24) is 0 Å². The summed E-state index contributed by atoms with van der Waals surface area (Å²) in [7, 11) is 0. The molecule has 27 heavy (non-hydrogen) atoms. The number of Topliss-reactive ketones (excluding diaryl/α,β-unsaturated/α-hetero) is 1. The Labute approximate surface area is 164 Å². The Balaban J connectivity index is 4.29. The van der Waals surface area contributed by atoms with Gasteiger partial charge in [0.15, 0.2) is 0 Å². The zero-order valence-corrected chi connectivity index (χ0v) is 17.4. The fourth-order valence-corrected chi connectivity index (χ4v) is 3.01. The third-order valence-corrected chi connectivity index (χ3v) is 4.74. The molecule has 2 atom stereocenters. The lowest BCUT2D eigenvalue weighted by Gasteiger charge is -2.19. The highest BCUT2D eigenvalue weighted by molar-refractivity contribution is 5.79. The third kappa shape index (κ3) is 14.1. The highest BCUT2D eigenvalue weighted by atomic mass is 16.5. The number of rotatable bonds is 17. The third-order valence-electron chi connectivity index (χ3n) is 4.74. The molecule has 0 aromatic carbocycles. The number of carbonyl (C=O) groups is 3. The molecule has 5 nitrogen and oxygen atoms in total. The summed E-state index contributed by atoms with van der Waals surface area (Å²) in [6, 6.07) is 0. The maximum Gasteiger partial charge on any atom is 0.307 e. The number of carboxylic acid groups (broad SMARTS) is 1. The Morgan fingerprint density at radius 2 is 1.70 bits per heavy atom. The van der Waals surface area contributed by atoms with Crippen molar-refractivity contribution < 1.29 is 24.2 Å². The second kappa shape index (κ2) is 16.5. The van der Waals surface area contributed by atoms with Gasteiger partial charge < -0.3 is 14.6 Å². The molecule has 0 spiro atoms. The molecule has 0 radical (unpaired) electrons. The van der Waals surface area contributed by atoms with Crippen LogP contribution in [-0.4, -0.2) is 29.4 Å². The molecule has 0 aliphatic rings. The summed E-state index contributed by atoms with van der Waals surface area (Å²) < 4.78 is 5.17. The lowest BCUT2D eigenvalue weighted by Crippen LogP contribution is -2.26. The van der Waals surface area contributed by atoms with E-state index in [0.717, 1.165) is 51.4 Å². The Kier molecular flexibility index (Phi) is 15.5. The number of hydrogen-bond donors (Lipinski definition) is 1. The molecular formula is C22H38O5. The van der Waals surface area contributed by atoms with E-state index in [9.17, 15) is 19.5 Å². The van der Waals surface area contributed by atoms with Crippen molar-refractivity contribution in [2.45, 2.75) is 91.4 Å². The number of ether oxygens (including phenoxy) is 1. The van der Waals surface area contributed by atoms with Gasteiger partial charge in [-0.05, 0) is 44.9 Å². The predicted molar refractivity (Wildman–Crippen MR) is 108 cm³/mol. The number of esters is 1. The predicted octanol–water partition coefficient (Wildman–Crippen LogP) is 5.32. The molecule has 0 aromatic rings. The van der Waals surface area contributed by atoms with Crippen molar-refractivity contribution in [2.75, 3.05) is 6.61 Å². The highest BCUT2D eigenvalue weighted by Gasteiger charge is 2.28. The molecule has 0 fully saturated rings. The average Bonchev–Trinajstić information content (AvgIpc) is 2.62. The summed E-state index contributed by atoms with van der Waals surface area (Å²) in [4.78, 5) is 34.4. The quantitative estimate of drug-likeness (QED) is 0.209. The molecule has 0 aliphatic carbocycles. The van der Waals surface area contributed by atoms with E-state index in [1.807, 2.05) is 19.1 Å². The summed E-state index contributed by atoms with van der Waals surface area (Å²) >= 11 is 0. The fraction of sp³-hybridized carbons (Fsp3) is 0.773. The van der Waals surface area contributed by atoms with E-state index in [2.05, 4.69) is 6.92 Å². The number of ketones is 1. The van der Waals surface area contributed by atoms with Crippen molar-refractivity contribution in [1.29, 1.82) is 0 Å². The Morgan fingerprint density at radius 1 is 1.00 bits per heavy atom. The van der Waals surface area contributed by atoms with Crippen LogP contribution in [0.1, 0.15) is 91.4 Å². The summed E-state index contributed by atoms with van der Waals surface area (Å²) in [5.74, 6) is -2.02. The molecule has 2 unspecified atom stereocenters. The van der Waals surface area contributed by atoms with Gasteiger partial charge in [0, 0.05) is 6.42 Å². The number of unbranched alkanes of at least 4 members (excludes halogenated alkanes) is 6. The van der Waals surface area contributed by atoms with E-state index in [0.29, 0.717) is 19.4 Å². The second-order valence-corrected chi connectivity index (χ2v) is 7.23. The van der Waals surface area contributed by atoms with Crippen molar-refractivity contribution in [2.24, 2.45) is 11.8 Å². The minimum Gasteiger partial charge on any atom is -0.481 e. The SMILES string of the molecule is CCCCCOC(=O)CC(C(=O)O)C(/C=C/CCCCCCC(C)=O)CC. The normalized spacial score (nSPS) is 13.4. The Hall–Kier alpha value is -1.65. The van der Waals surface area contributed by atoms with Crippen LogP contribution in [0.15, 0.2) is 12.2 Å². The summed E-state index contributed by atoms with van der Waals surface area (Å²) in [6.45, 7) is 6.01. The van der Waals surface area contributed by atoms with Gasteiger partial charge in [0.25, 0.3) is 0 Å². The van der Waals surface area contributed by atoms with Gasteiger partial charge in [-0.1, -0.05) is 51.7 Å². The Morgan fingerprint density at radius 3 is 2.30 bits per heavy atom. The number of hydrogen-bond acceptors (Lipinski definition) is 4.